The maximum absolute atomic E-state index is 13.4. The first-order chi connectivity index (χ1) is 12.2. The lowest BCUT2D eigenvalue weighted by Gasteiger charge is -2.13. The van der Waals surface area contributed by atoms with Crippen molar-refractivity contribution in [3.8, 4) is 0 Å². The topological polar surface area (TPSA) is 29.4 Å². The van der Waals surface area contributed by atoms with Gasteiger partial charge in [-0.15, -0.1) is 0 Å². The second-order valence-corrected chi connectivity index (χ2v) is 7.48. The Hall–Kier alpha value is -1.67. The average molecular weight is 377 g/mol. The summed E-state index contributed by atoms with van der Waals surface area (Å²) in [5.74, 6) is 0.203. The van der Waals surface area contributed by atoms with Crippen LogP contribution in [0.3, 0.4) is 0 Å². The molecule has 2 atom stereocenters. The summed E-state index contributed by atoms with van der Waals surface area (Å²) in [5.41, 5.74) is 0.199. The molecular formula is C21H26F2NOP. The number of carbonyl (C=O) groups excluding carboxylic acids is 1. The van der Waals surface area contributed by atoms with Crippen LogP contribution in [0.1, 0.15) is 57.6 Å². The molecule has 0 fully saturated rings. The Labute approximate surface area is 156 Å². The lowest BCUT2D eigenvalue weighted by Crippen LogP contribution is -2.10. The fourth-order valence-electron chi connectivity index (χ4n) is 2.83. The third-order valence-electron chi connectivity index (χ3n) is 4.68. The summed E-state index contributed by atoms with van der Waals surface area (Å²) in [4.78, 5) is 16.7. The molecule has 1 heterocycles. The molecule has 1 aliphatic rings. The highest BCUT2D eigenvalue weighted by Crippen LogP contribution is 2.35. The summed E-state index contributed by atoms with van der Waals surface area (Å²) < 4.78 is 26.8. The molecule has 140 valence electrons. The summed E-state index contributed by atoms with van der Waals surface area (Å²) in [6, 6.07) is 6.25. The standard InChI is InChI=1S/C21H26F2NOP/c1-4-14(2)19-8-6-5-7-17(13-20(24-19)15(3)25)16-9-11-18(12-10-16)21(22,23)26/h8-14H,4-7,26H2,1-3H3/b17-13-,19-8?,24-20?. The number of carbonyl (C=O) groups is 1. The zero-order valence-electron chi connectivity index (χ0n) is 15.6. The summed E-state index contributed by atoms with van der Waals surface area (Å²) in [6.07, 6.45) is 7.47. The van der Waals surface area contributed by atoms with Crippen molar-refractivity contribution in [2.75, 3.05) is 0 Å². The van der Waals surface area contributed by atoms with E-state index in [0.717, 1.165) is 42.5 Å². The zero-order chi connectivity index (χ0) is 19.3. The summed E-state index contributed by atoms with van der Waals surface area (Å²) in [7, 11) is 1.55. The van der Waals surface area contributed by atoms with Crippen molar-refractivity contribution >= 4 is 26.3 Å². The fourth-order valence-corrected chi connectivity index (χ4v) is 3.02. The van der Waals surface area contributed by atoms with Crippen molar-refractivity contribution in [1.82, 2.24) is 0 Å². The van der Waals surface area contributed by atoms with E-state index in [-0.39, 0.29) is 11.3 Å². The van der Waals surface area contributed by atoms with Crippen molar-refractivity contribution in [2.45, 2.75) is 52.1 Å². The molecule has 2 rings (SSSR count). The molecule has 0 spiro atoms. The molecule has 26 heavy (non-hydrogen) atoms. The SMILES string of the molecule is CCC(C)C1=CCCC/C(c2ccc(C(F)(F)P)cc2)=C/C(C(C)=O)=N1. The third-order valence-corrected chi connectivity index (χ3v) is 5.02. The van der Waals surface area contributed by atoms with Crippen LogP contribution in [0, 0.1) is 5.92 Å². The van der Waals surface area contributed by atoms with Crippen LogP contribution >= 0.6 is 9.24 Å². The van der Waals surface area contributed by atoms with Gasteiger partial charge < -0.3 is 0 Å². The van der Waals surface area contributed by atoms with Crippen LogP contribution in [0.25, 0.3) is 5.57 Å². The second-order valence-electron chi connectivity index (χ2n) is 6.75. The molecule has 2 nitrogen and oxygen atoms in total. The molecule has 0 radical (unpaired) electrons. The Morgan fingerprint density at radius 3 is 2.50 bits per heavy atom. The first-order valence-electron chi connectivity index (χ1n) is 9.00. The van der Waals surface area contributed by atoms with Crippen molar-refractivity contribution in [2.24, 2.45) is 10.9 Å². The van der Waals surface area contributed by atoms with Gasteiger partial charge in [0, 0.05) is 18.2 Å². The minimum absolute atomic E-state index is 0.0453. The number of hydrogen-bond acceptors (Lipinski definition) is 2. The second kappa shape index (κ2) is 8.81. The Morgan fingerprint density at radius 2 is 1.96 bits per heavy atom. The van der Waals surface area contributed by atoms with Gasteiger partial charge in [-0.1, -0.05) is 53.4 Å². The quantitative estimate of drug-likeness (QED) is 0.567. The highest BCUT2D eigenvalue weighted by atomic mass is 31.0. The van der Waals surface area contributed by atoms with Crippen molar-refractivity contribution in [1.29, 1.82) is 0 Å². The number of rotatable bonds is 5. The Balaban J connectivity index is 2.43. The molecule has 0 N–H and O–H groups in total. The number of ketones is 1. The molecule has 0 bridgehead atoms. The summed E-state index contributed by atoms with van der Waals surface area (Å²) in [5, 5.41) is 0. The van der Waals surface area contributed by atoms with Crippen LogP contribution in [0.4, 0.5) is 8.78 Å². The number of alkyl halides is 2. The molecule has 1 aromatic rings. The van der Waals surface area contributed by atoms with E-state index in [1.807, 2.05) is 6.08 Å². The maximum Gasteiger partial charge on any atom is 0.283 e. The summed E-state index contributed by atoms with van der Waals surface area (Å²) >= 11 is 0. The first kappa shape index (κ1) is 20.6. The highest BCUT2D eigenvalue weighted by Gasteiger charge is 2.24. The van der Waals surface area contributed by atoms with Gasteiger partial charge in [0.15, 0.2) is 5.78 Å². The van der Waals surface area contributed by atoms with E-state index in [1.54, 1.807) is 21.4 Å². The molecule has 0 saturated carbocycles. The molecule has 5 heteroatoms. The van der Waals surface area contributed by atoms with Crippen LogP contribution in [-0.4, -0.2) is 11.5 Å². The lowest BCUT2D eigenvalue weighted by molar-refractivity contribution is -0.111. The molecule has 0 aliphatic carbocycles. The zero-order valence-corrected chi connectivity index (χ0v) is 16.7. The maximum atomic E-state index is 13.4. The van der Waals surface area contributed by atoms with Crippen LogP contribution < -0.4 is 0 Å². The fraction of sp³-hybridized carbons (Fsp3) is 0.429. The molecule has 2 unspecified atom stereocenters. The van der Waals surface area contributed by atoms with Crippen molar-refractivity contribution in [3.63, 3.8) is 0 Å². The van der Waals surface area contributed by atoms with Crippen molar-refractivity contribution < 1.29 is 13.6 Å². The van der Waals surface area contributed by atoms with E-state index >= 15 is 0 Å². The van der Waals surface area contributed by atoms with Gasteiger partial charge in [0.05, 0.1) is 0 Å². The van der Waals surface area contributed by atoms with Gasteiger partial charge in [0.1, 0.15) is 5.71 Å². The molecule has 1 aromatic carbocycles. The molecule has 0 aromatic heterocycles. The van der Waals surface area contributed by atoms with Crippen LogP contribution in [0.5, 0.6) is 0 Å². The van der Waals surface area contributed by atoms with Crippen molar-refractivity contribution in [3.05, 3.63) is 53.2 Å². The minimum Gasteiger partial charge on any atom is -0.293 e. The van der Waals surface area contributed by atoms with Gasteiger partial charge in [-0.3, -0.25) is 4.79 Å². The minimum atomic E-state index is -2.94. The monoisotopic (exact) mass is 377 g/mol. The predicted molar refractivity (Wildman–Crippen MR) is 108 cm³/mol. The van der Waals surface area contributed by atoms with Gasteiger partial charge in [0.25, 0.3) is 5.66 Å². The lowest BCUT2D eigenvalue weighted by atomic mass is 9.97. The highest BCUT2D eigenvalue weighted by molar-refractivity contribution is 7.17. The largest absolute Gasteiger partial charge is 0.293 e. The first-order valence-corrected chi connectivity index (χ1v) is 9.58. The average Bonchev–Trinajstić information content (AvgIpc) is 2.70. The predicted octanol–water partition coefficient (Wildman–Crippen LogP) is 6.14. The van der Waals surface area contributed by atoms with E-state index in [4.69, 9.17) is 0 Å². The van der Waals surface area contributed by atoms with E-state index in [2.05, 4.69) is 24.9 Å². The number of hydrogen-bond donors (Lipinski definition) is 0. The Bertz CT molecular complexity index is 742. The smallest absolute Gasteiger partial charge is 0.283 e. The van der Waals surface area contributed by atoms with Gasteiger partial charge in [-0.05, 0) is 48.8 Å². The van der Waals surface area contributed by atoms with E-state index in [9.17, 15) is 13.6 Å². The Kier molecular flexibility index (Phi) is 7.00. The number of nitrogens with zero attached hydrogens (tertiary/aromatic N) is 1. The van der Waals surface area contributed by atoms with Crippen LogP contribution in [0.15, 0.2) is 47.1 Å². The number of allylic oxidation sites excluding steroid dienone is 4. The van der Waals surface area contributed by atoms with Gasteiger partial charge in [-0.2, -0.15) is 8.78 Å². The third kappa shape index (κ3) is 5.41. The summed E-state index contributed by atoms with van der Waals surface area (Å²) in [6.45, 7) is 5.72. The molecule has 0 amide bonds. The molecule has 0 saturated heterocycles. The van der Waals surface area contributed by atoms with Crippen LogP contribution in [-0.2, 0) is 10.5 Å². The Morgan fingerprint density at radius 1 is 1.31 bits per heavy atom. The van der Waals surface area contributed by atoms with E-state index in [1.165, 1.54) is 19.1 Å². The number of Topliss-reactive ketones (excluding diaryl/α,β-unsaturated/α-hetero) is 1. The molecule has 1 aliphatic heterocycles. The normalized spacial score (nSPS) is 19.2. The van der Waals surface area contributed by atoms with Gasteiger partial charge >= 0.3 is 0 Å². The van der Waals surface area contributed by atoms with Crippen LogP contribution in [0.2, 0.25) is 0 Å². The van der Waals surface area contributed by atoms with E-state index in [0.29, 0.717) is 11.6 Å². The van der Waals surface area contributed by atoms with Gasteiger partial charge in [-0.25, -0.2) is 4.99 Å². The number of halogens is 2. The van der Waals surface area contributed by atoms with E-state index < -0.39 is 5.66 Å². The molecular weight excluding hydrogens is 351 g/mol. The number of aliphatic imine (C=N–C) groups is 1. The number of benzene rings is 1. The van der Waals surface area contributed by atoms with Gasteiger partial charge in [0.2, 0.25) is 0 Å².